The van der Waals surface area contributed by atoms with E-state index < -0.39 is 0 Å². The number of H-pyrrole nitrogens is 1. The molecule has 3 aromatic heterocycles. The van der Waals surface area contributed by atoms with Gasteiger partial charge in [-0.25, -0.2) is 4.98 Å². The summed E-state index contributed by atoms with van der Waals surface area (Å²) < 4.78 is 0. The molecule has 5 aromatic rings. The number of nitrogens with zero attached hydrogens (tertiary/aromatic N) is 3. The van der Waals surface area contributed by atoms with Crippen LogP contribution in [-0.2, 0) is 0 Å². The van der Waals surface area contributed by atoms with E-state index in [1.165, 1.54) is 0 Å². The lowest BCUT2D eigenvalue weighted by molar-refractivity contribution is 1.24. The molecule has 0 radical (unpaired) electrons. The number of hydrogen-bond donors (Lipinski definition) is 1. The van der Waals surface area contributed by atoms with E-state index in [1.807, 2.05) is 60.8 Å². The summed E-state index contributed by atoms with van der Waals surface area (Å²) in [4.78, 5) is 12.6. The van der Waals surface area contributed by atoms with Crippen LogP contribution in [0.1, 0.15) is 5.56 Å². The molecule has 31 heavy (non-hydrogen) atoms. The van der Waals surface area contributed by atoms with Crippen LogP contribution in [-0.4, -0.2) is 15.0 Å². The highest BCUT2D eigenvalue weighted by molar-refractivity contribution is 6.36. The second kappa shape index (κ2) is 7.88. The standard InChI is InChI=1S/C25H14Cl2N4/c26-15-8-9-16(21(27)11-15)18-12-24(23-7-3-4-10-29-23)31-25(19(18)13-28)20-14-30-22-6-2-1-5-17(20)22/h1-12,14,30H. The first-order chi connectivity index (χ1) is 15.2. The molecule has 0 fully saturated rings. The predicted octanol–water partition coefficient (Wildman–Crippen LogP) is 7.14. The normalized spacial score (nSPS) is 10.9. The van der Waals surface area contributed by atoms with E-state index in [-0.39, 0.29) is 0 Å². The molecule has 0 unspecified atom stereocenters. The molecular formula is C25H14Cl2N4. The summed E-state index contributed by atoms with van der Waals surface area (Å²) in [5, 5.41) is 12.1. The van der Waals surface area contributed by atoms with E-state index in [1.54, 1.807) is 18.3 Å². The maximum Gasteiger partial charge on any atom is 0.102 e. The summed E-state index contributed by atoms with van der Waals surface area (Å²) in [5.74, 6) is 0. The van der Waals surface area contributed by atoms with E-state index >= 15 is 0 Å². The highest BCUT2D eigenvalue weighted by Gasteiger charge is 2.20. The van der Waals surface area contributed by atoms with Gasteiger partial charge >= 0.3 is 0 Å². The first-order valence-corrected chi connectivity index (χ1v) is 10.3. The second-order valence-electron chi connectivity index (χ2n) is 6.98. The van der Waals surface area contributed by atoms with Crippen molar-refractivity contribution in [1.82, 2.24) is 15.0 Å². The van der Waals surface area contributed by atoms with E-state index in [0.29, 0.717) is 43.8 Å². The number of pyridine rings is 2. The van der Waals surface area contributed by atoms with Gasteiger partial charge in [-0.1, -0.05) is 53.5 Å². The molecule has 0 saturated heterocycles. The Hall–Kier alpha value is -3.65. The fourth-order valence-electron chi connectivity index (χ4n) is 3.69. The van der Waals surface area contributed by atoms with Crippen molar-refractivity contribution in [3.63, 3.8) is 0 Å². The molecule has 0 atom stereocenters. The van der Waals surface area contributed by atoms with Crippen molar-refractivity contribution in [1.29, 1.82) is 5.26 Å². The summed E-state index contributed by atoms with van der Waals surface area (Å²) in [6.07, 6.45) is 3.60. The molecule has 0 spiro atoms. The molecule has 0 aliphatic heterocycles. The van der Waals surface area contributed by atoms with Gasteiger partial charge in [-0.05, 0) is 36.4 Å². The fraction of sp³-hybridized carbons (Fsp3) is 0. The van der Waals surface area contributed by atoms with Crippen molar-refractivity contribution in [3.05, 3.63) is 94.7 Å². The Labute approximate surface area is 188 Å². The maximum absolute atomic E-state index is 10.2. The highest BCUT2D eigenvalue weighted by atomic mass is 35.5. The van der Waals surface area contributed by atoms with Gasteiger partial charge in [-0.3, -0.25) is 4.98 Å². The van der Waals surface area contributed by atoms with Gasteiger partial charge in [0.25, 0.3) is 0 Å². The number of para-hydroxylation sites is 1. The molecule has 5 rings (SSSR count). The van der Waals surface area contributed by atoms with E-state index in [0.717, 1.165) is 16.5 Å². The molecule has 0 saturated carbocycles. The predicted molar refractivity (Wildman–Crippen MR) is 125 cm³/mol. The van der Waals surface area contributed by atoms with Gasteiger partial charge in [0, 0.05) is 50.0 Å². The molecule has 2 aromatic carbocycles. The molecule has 0 amide bonds. The zero-order valence-electron chi connectivity index (χ0n) is 16.1. The maximum atomic E-state index is 10.2. The molecule has 0 bridgehead atoms. The van der Waals surface area contributed by atoms with E-state index in [9.17, 15) is 5.26 Å². The van der Waals surface area contributed by atoms with Crippen molar-refractivity contribution in [2.75, 3.05) is 0 Å². The lowest BCUT2D eigenvalue weighted by Gasteiger charge is -2.13. The Morgan fingerprint density at radius 2 is 1.68 bits per heavy atom. The SMILES string of the molecule is N#Cc1c(-c2ccc(Cl)cc2Cl)cc(-c2ccccn2)nc1-c1c[nH]c2ccccc12. The van der Waals surface area contributed by atoms with Crippen molar-refractivity contribution in [2.24, 2.45) is 0 Å². The van der Waals surface area contributed by atoms with E-state index in [4.69, 9.17) is 28.2 Å². The van der Waals surface area contributed by atoms with Crippen LogP contribution < -0.4 is 0 Å². The Balaban J connectivity index is 1.86. The smallest absolute Gasteiger partial charge is 0.102 e. The summed E-state index contributed by atoms with van der Waals surface area (Å²) in [5.41, 5.74) is 5.58. The van der Waals surface area contributed by atoms with Gasteiger partial charge in [0.15, 0.2) is 0 Å². The number of nitriles is 1. The minimum absolute atomic E-state index is 0.439. The Kier molecular flexibility index (Phi) is 4.91. The number of halogens is 2. The van der Waals surface area contributed by atoms with Crippen LogP contribution in [0.25, 0.3) is 44.7 Å². The van der Waals surface area contributed by atoms with Crippen molar-refractivity contribution >= 4 is 34.1 Å². The summed E-state index contributed by atoms with van der Waals surface area (Å²) in [6, 6.07) is 23.0. The zero-order valence-corrected chi connectivity index (χ0v) is 17.6. The number of aromatic amines is 1. The van der Waals surface area contributed by atoms with Crippen LogP contribution >= 0.6 is 23.2 Å². The third kappa shape index (κ3) is 3.44. The topological polar surface area (TPSA) is 65.4 Å². The highest BCUT2D eigenvalue weighted by Crippen LogP contribution is 2.39. The molecule has 0 aliphatic rings. The molecule has 3 heterocycles. The van der Waals surface area contributed by atoms with Crippen LogP contribution in [0, 0.1) is 11.3 Å². The first kappa shape index (κ1) is 19.3. The molecule has 6 heteroatoms. The van der Waals surface area contributed by atoms with Crippen LogP contribution in [0.15, 0.2) is 79.1 Å². The van der Waals surface area contributed by atoms with Gasteiger partial charge < -0.3 is 4.98 Å². The van der Waals surface area contributed by atoms with Crippen LogP contribution in [0.4, 0.5) is 0 Å². The Morgan fingerprint density at radius 3 is 2.45 bits per heavy atom. The minimum atomic E-state index is 0.439. The third-order valence-corrected chi connectivity index (χ3v) is 5.67. The molecular weight excluding hydrogens is 427 g/mol. The van der Waals surface area contributed by atoms with Gasteiger partial charge in [0.2, 0.25) is 0 Å². The molecule has 4 nitrogen and oxygen atoms in total. The summed E-state index contributed by atoms with van der Waals surface area (Å²) in [6.45, 7) is 0. The fourth-order valence-corrected chi connectivity index (χ4v) is 4.20. The number of fused-ring (bicyclic) bond motifs is 1. The molecule has 0 aliphatic carbocycles. The monoisotopic (exact) mass is 440 g/mol. The van der Waals surface area contributed by atoms with Crippen molar-refractivity contribution < 1.29 is 0 Å². The number of benzene rings is 2. The van der Waals surface area contributed by atoms with Gasteiger partial charge in [-0.15, -0.1) is 0 Å². The average Bonchev–Trinajstić information content (AvgIpc) is 3.23. The van der Waals surface area contributed by atoms with Gasteiger partial charge in [0.1, 0.15) is 6.07 Å². The second-order valence-corrected chi connectivity index (χ2v) is 7.82. The summed E-state index contributed by atoms with van der Waals surface area (Å²) >= 11 is 12.6. The van der Waals surface area contributed by atoms with Crippen molar-refractivity contribution in [3.8, 4) is 39.8 Å². The largest absolute Gasteiger partial charge is 0.360 e. The summed E-state index contributed by atoms with van der Waals surface area (Å²) in [7, 11) is 0. The zero-order chi connectivity index (χ0) is 21.4. The minimum Gasteiger partial charge on any atom is -0.360 e. The lowest BCUT2D eigenvalue weighted by atomic mass is 9.95. The third-order valence-electron chi connectivity index (χ3n) is 5.12. The van der Waals surface area contributed by atoms with Gasteiger partial charge in [0.05, 0.1) is 22.6 Å². The molecule has 1 N–H and O–H groups in total. The van der Waals surface area contributed by atoms with Gasteiger partial charge in [-0.2, -0.15) is 5.26 Å². The lowest BCUT2D eigenvalue weighted by Crippen LogP contribution is -1.98. The number of nitrogens with one attached hydrogen (secondary N) is 1. The van der Waals surface area contributed by atoms with Crippen LogP contribution in [0.5, 0.6) is 0 Å². The number of hydrogen-bond acceptors (Lipinski definition) is 3. The molecule has 148 valence electrons. The van der Waals surface area contributed by atoms with Crippen LogP contribution in [0.3, 0.4) is 0 Å². The van der Waals surface area contributed by atoms with E-state index in [2.05, 4.69) is 16.0 Å². The van der Waals surface area contributed by atoms with Crippen molar-refractivity contribution in [2.45, 2.75) is 0 Å². The quantitative estimate of drug-likeness (QED) is 0.324. The first-order valence-electron chi connectivity index (χ1n) is 9.54. The average molecular weight is 441 g/mol. The Morgan fingerprint density at radius 1 is 0.839 bits per heavy atom. The Bertz CT molecular complexity index is 1470. The van der Waals surface area contributed by atoms with Crippen LogP contribution in [0.2, 0.25) is 10.0 Å². The number of aromatic nitrogens is 3. The number of rotatable bonds is 3.